The molecule has 1 heterocycles. The normalized spacial score (nSPS) is 10.5. The second-order valence-electron chi connectivity index (χ2n) is 3.78. The molecule has 0 radical (unpaired) electrons. The van der Waals surface area contributed by atoms with Gasteiger partial charge < -0.3 is 11.1 Å². The lowest BCUT2D eigenvalue weighted by atomic mass is 10.2. The van der Waals surface area contributed by atoms with Gasteiger partial charge in [0.15, 0.2) is 0 Å². The molecular weight excluding hydrogens is 295 g/mol. The number of nitrogens with one attached hydrogen (secondary N) is 1. The highest BCUT2D eigenvalue weighted by molar-refractivity contribution is 6.37. The zero-order valence-electron chi connectivity index (χ0n) is 9.55. The van der Waals surface area contributed by atoms with Gasteiger partial charge in [-0.05, 0) is 12.1 Å². The number of nitrogens with two attached hydrogens (primary N) is 1. The number of hydrogen-bond acceptors (Lipinski definition) is 3. The van der Waals surface area contributed by atoms with Gasteiger partial charge >= 0.3 is 0 Å². The van der Waals surface area contributed by atoms with Crippen LogP contribution in [0.15, 0.2) is 24.3 Å². The van der Waals surface area contributed by atoms with E-state index in [1.165, 1.54) is 18.2 Å². The van der Waals surface area contributed by atoms with Crippen molar-refractivity contribution in [2.24, 2.45) is 0 Å². The number of rotatable bonds is 3. The third-order valence-electron chi connectivity index (χ3n) is 2.42. The highest BCUT2D eigenvalue weighted by Gasteiger charge is 2.08. The fourth-order valence-electron chi connectivity index (χ4n) is 1.45. The van der Waals surface area contributed by atoms with E-state index in [2.05, 4.69) is 10.3 Å². The van der Waals surface area contributed by atoms with Crippen LogP contribution in [0.5, 0.6) is 0 Å². The first kappa shape index (κ1) is 13.8. The molecule has 0 bridgehead atoms. The summed E-state index contributed by atoms with van der Waals surface area (Å²) in [7, 11) is 0. The van der Waals surface area contributed by atoms with Gasteiger partial charge in [-0.2, -0.15) is 0 Å². The van der Waals surface area contributed by atoms with Crippen molar-refractivity contribution < 1.29 is 8.78 Å². The molecule has 0 fully saturated rings. The van der Waals surface area contributed by atoms with Crippen LogP contribution in [0.3, 0.4) is 0 Å². The molecule has 0 spiro atoms. The monoisotopic (exact) mass is 303 g/mol. The number of hydrogen-bond donors (Lipinski definition) is 2. The zero-order valence-corrected chi connectivity index (χ0v) is 11.1. The Balaban J connectivity index is 2.16. The first-order valence-corrected chi connectivity index (χ1v) is 6.02. The molecule has 0 aliphatic carbocycles. The van der Waals surface area contributed by atoms with Crippen LogP contribution >= 0.6 is 23.2 Å². The molecule has 7 heteroatoms. The number of nitrogen functional groups attached to an aromatic ring is 1. The number of benzene rings is 1. The van der Waals surface area contributed by atoms with Crippen molar-refractivity contribution in [3.05, 3.63) is 51.5 Å². The van der Waals surface area contributed by atoms with Crippen LogP contribution in [0.2, 0.25) is 10.0 Å². The van der Waals surface area contributed by atoms with E-state index in [9.17, 15) is 8.78 Å². The largest absolute Gasteiger partial charge is 0.382 e. The number of aromatic nitrogens is 1. The molecule has 0 aliphatic heterocycles. The number of halogens is 4. The summed E-state index contributed by atoms with van der Waals surface area (Å²) >= 11 is 11.7. The lowest BCUT2D eigenvalue weighted by molar-refractivity contribution is 0.574. The van der Waals surface area contributed by atoms with Crippen molar-refractivity contribution in [1.82, 2.24) is 4.98 Å². The van der Waals surface area contributed by atoms with Crippen LogP contribution in [0, 0.1) is 11.6 Å². The van der Waals surface area contributed by atoms with Gasteiger partial charge in [-0.1, -0.05) is 29.3 Å². The van der Waals surface area contributed by atoms with E-state index >= 15 is 0 Å². The van der Waals surface area contributed by atoms with Crippen LogP contribution in [-0.2, 0) is 6.54 Å². The molecule has 19 heavy (non-hydrogen) atoms. The van der Waals surface area contributed by atoms with Crippen LogP contribution < -0.4 is 11.1 Å². The van der Waals surface area contributed by atoms with Crippen molar-refractivity contribution in [2.45, 2.75) is 6.54 Å². The fraction of sp³-hybridized carbons (Fsp3) is 0.0833. The molecule has 3 nitrogen and oxygen atoms in total. The van der Waals surface area contributed by atoms with Crippen LogP contribution in [0.25, 0.3) is 0 Å². The van der Waals surface area contributed by atoms with Gasteiger partial charge in [-0.25, -0.2) is 13.8 Å². The van der Waals surface area contributed by atoms with Crippen LogP contribution in [0.4, 0.5) is 20.4 Å². The molecule has 0 amide bonds. The molecule has 0 saturated carbocycles. The van der Waals surface area contributed by atoms with Crippen LogP contribution in [-0.4, -0.2) is 4.98 Å². The Bertz CT molecular complexity index is 620. The van der Waals surface area contributed by atoms with E-state index < -0.39 is 11.6 Å². The summed E-state index contributed by atoms with van der Waals surface area (Å²) in [6.07, 6.45) is 0. The van der Waals surface area contributed by atoms with E-state index in [4.69, 9.17) is 28.9 Å². The third-order valence-corrected chi connectivity index (χ3v) is 3.01. The summed E-state index contributed by atoms with van der Waals surface area (Å²) in [5.41, 5.74) is 5.83. The fourth-order valence-corrected chi connectivity index (χ4v) is 1.87. The summed E-state index contributed by atoms with van der Waals surface area (Å²) < 4.78 is 26.2. The number of pyridine rings is 1. The summed E-state index contributed by atoms with van der Waals surface area (Å²) in [5, 5.41) is 3.32. The van der Waals surface area contributed by atoms with Gasteiger partial charge in [0, 0.05) is 18.2 Å². The SMILES string of the molecule is Nc1nc(NCc2ccc(F)cc2F)c(Cl)cc1Cl. The second kappa shape index (κ2) is 5.59. The van der Waals surface area contributed by atoms with Crippen molar-refractivity contribution in [2.75, 3.05) is 11.1 Å². The number of nitrogens with zero attached hydrogens (tertiary/aromatic N) is 1. The lowest BCUT2D eigenvalue weighted by Crippen LogP contribution is -2.05. The smallest absolute Gasteiger partial charge is 0.147 e. The van der Waals surface area contributed by atoms with Gasteiger partial charge in [0.1, 0.15) is 23.3 Å². The average Bonchev–Trinajstić information content (AvgIpc) is 2.34. The lowest BCUT2D eigenvalue weighted by Gasteiger charge is -2.09. The number of anilines is 2. The third kappa shape index (κ3) is 3.24. The quantitative estimate of drug-likeness (QED) is 0.905. The first-order chi connectivity index (χ1) is 8.97. The van der Waals surface area contributed by atoms with Gasteiger partial charge in [0.25, 0.3) is 0 Å². The highest BCUT2D eigenvalue weighted by atomic mass is 35.5. The predicted octanol–water partition coefficient (Wildman–Crippen LogP) is 3.86. The van der Waals surface area contributed by atoms with Gasteiger partial charge in [-0.3, -0.25) is 0 Å². The topological polar surface area (TPSA) is 50.9 Å². The predicted molar refractivity (Wildman–Crippen MR) is 72.4 cm³/mol. The maximum atomic E-state index is 13.4. The van der Waals surface area contributed by atoms with Gasteiger partial charge in [-0.15, -0.1) is 0 Å². The molecular formula is C12H9Cl2F2N3. The van der Waals surface area contributed by atoms with Crippen molar-refractivity contribution in [1.29, 1.82) is 0 Å². The minimum absolute atomic E-state index is 0.0971. The Kier molecular flexibility index (Phi) is 4.07. The Morgan fingerprint density at radius 1 is 1.16 bits per heavy atom. The zero-order chi connectivity index (χ0) is 14.0. The van der Waals surface area contributed by atoms with Crippen LogP contribution in [0.1, 0.15) is 5.56 Å². The van der Waals surface area contributed by atoms with Gasteiger partial charge in [0.05, 0.1) is 10.0 Å². The average molecular weight is 304 g/mol. The highest BCUT2D eigenvalue weighted by Crippen LogP contribution is 2.27. The molecule has 0 saturated heterocycles. The van der Waals surface area contributed by atoms with E-state index in [0.717, 1.165) is 6.07 Å². The summed E-state index contributed by atoms with van der Waals surface area (Å²) in [6, 6.07) is 4.76. The minimum atomic E-state index is -0.648. The standard InChI is InChI=1S/C12H9Cl2F2N3/c13-8-4-9(14)12(19-11(8)17)18-5-6-1-2-7(15)3-10(6)16/h1-4H,5H2,(H3,17,18,19). The maximum absolute atomic E-state index is 13.4. The maximum Gasteiger partial charge on any atom is 0.147 e. The molecule has 0 unspecified atom stereocenters. The Morgan fingerprint density at radius 3 is 2.58 bits per heavy atom. The minimum Gasteiger partial charge on any atom is -0.382 e. The van der Waals surface area contributed by atoms with Gasteiger partial charge in [0.2, 0.25) is 0 Å². The molecule has 0 atom stereocenters. The Morgan fingerprint density at radius 2 is 1.89 bits per heavy atom. The molecule has 2 rings (SSSR count). The Hall–Kier alpha value is -1.59. The molecule has 1 aromatic heterocycles. The van der Waals surface area contributed by atoms with E-state index in [0.29, 0.717) is 0 Å². The molecule has 100 valence electrons. The van der Waals surface area contributed by atoms with Crippen molar-refractivity contribution >= 4 is 34.8 Å². The Labute approximate surface area is 118 Å². The van der Waals surface area contributed by atoms with E-state index in [1.807, 2.05) is 0 Å². The van der Waals surface area contributed by atoms with Crippen molar-refractivity contribution in [3.8, 4) is 0 Å². The second-order valence-corrected chi connectivity index (χ2v) is 4.59. The molecule has 2 aromatic rings. The summed E-state index contributed by atoms with van der Waals surface area (Å²) in [4.78, 5) is 3.94. The molecule has 1 aromatic carbocycles. The molecule has 0 aliphatic rings. The van der Waals surface area contributed by atoms with Crippen molar-refractivity contribution in [3.63, 3.8) is 0 Å². The van der Waals surface area contributed by atoms with E-state index in [-0.39, 0.29) is 33.8 Å². The summed E-state index contributed by atoms with van der Waals surface area (Å²) in [5.74, 6) is -0.876. The van der Waals surface area contributed by atoms with E-state index in [1.54, 1.807) is 0 Å². The first-order valence-electron chi connectivity index (χ1n) is 5.26. The summed E-state index contributed by atoms with van der Waals surface area (Å²) in [6.45, 7) is 0.0971. The molecule has 3 N–H and O–H groups in total.